The van der Waals surface area contributed by atoms with Gasteiger partial charge in [0.25, 0.3) is 0 Å². The van der Waals surface area contributed by atoms with Crippen LogP contribution in [-0.2, 0) is 16.1 Å². The Morgan fingerprint density at radius 3 is 2.67 bits per heavy atom. The number of likely N-dealkylation sites (N-methyl/N-ethyl adjacent to an activating group) is 1. The average molecular weight is 288 g/mol. The van der Waals surface area contributed by atoms with E-state index in [1.807, 2.05) is 41.8 Å². The minimum absolute atomic E-state index is 0.0902. The number of benzene rings is 1. The second-order valence-corrected chi connectivity index (χ2v) is 5.44. The molecule has 2 aromatic rings. The molecule has 21 heavy (non-hydrogen) atoms. The summed E-state index contributed by atoms with van der Waals surface area (Å²) in [4.78, 5) is 24.6. The first kappa shape index (κ1) is 15.1. The Morgan fingerprint density at radius 2 is 2.00 bits per heavy atom. The Bertz CT molecular complexity index is 675. The number of fused-ring (bicyclic) bond motifs is 1. The third kappa shape index (κ3) is 3.24. The SMILES string of the molecule is Cc1cc2ccccc2n1CC(=O)N(C)CC(C)C(=O)O. The van der Waals surface area contributed by atoms with E-state index in [1.54, 1.807) is 14.0 Å². The lowest BCUT2D eigenvalue weighted by atomic mass is 10.2. The molecule has 112 valence electrons. The number of carboxylic acid groups (broad SMARTS) is 1. The fourth-order valence-corrected chi connectivity index (χ4v) is 2.40. The number of aliphatic carboxylic acids is 1. The maximum Gasteiger partial charge on any atom is 0.308 e. The average Bonchev–Trinajstić information content (AvgIpc) is 2.75. The van der Waals surface area contributed by atoms with Crippen LogP contribution in [0.3, 0.4) is 0 Å². The normalized spacial score (nSPS) is 12.3. The summed E-state index contributed by atoms with van der Waals surface area (Å²) in [5.74, 6) is -1.55. The van der Waals surface area contributed by atoms with Crippen LogP contribution < -0.4 is 0 Å². The van der Waals surface area contributed by atoms with Gasteiger partial charge in [0.2, 0.25) is 5.91 Å². The number of aryl methyl sites for hydroxylation is 1. The van der Waals surface area contributed by atoms with Crippen LogP contribution in [0.25, 0.3) is 10.9 Å². The summed E-state index contributed by atoms with van der Waals surface area (Å²) in [7, 11) is 1.64. The van der Waals surface area contributed by atoms with Crippen molar-refractivity contribution in [1.29, 1.82) is 0 Å². The smallest absolute Gasteiger partial charge is 0.308 e. The molecule has 0 saturated heterocycles. The molecular formula is C16H20N2O3. The number of carbonyl (C=O) groups excluding carboxylic acids is 1. The lowest BCUT2D eigenvalue weighted by Crippen LogP contribution is -2.35. The molecule has 0 bridgehead atoms. The van der Waals surface area contributed by atoms with Gasteiger partial charge in [0.1, 0.15) is 6.54 Å². The van der Waals surface area contributed by atoms with E-state index in [0.717, 1.165) is 16.6 Å². The highest BCUT2D eigenvalue weighted by atomic mass is 16.4. The van der Waals surface area contributed by atoms with E-state index >= 15 is 0 Å². The number of amides is 1. The predicted octanol–water partition coefficient (Wildman–Crippen LogP) is 2.13. The number of hydrogen-bond donors (Lipinski definition) is 1. The summed E-state index contributed by atoms with van der Waals surface area (Å²) < 4.78 is 1.96. The molecule has 0 aliphatic carbocycles. The number of aromatic nitrogens is 1. The third-order valence-corrected chi connectivity index (χ3v) is 3.71. The zero-order valence-electron chi connectivity index (χ0n) is 12.5. The van der Waals surface area contributed by atoms with E-state index in [-0.39, 0.29) is 19.0 Å². The van der Waals surface area contributed by atoms with Gasteiger partial charge in [-0.05, 0) is 24.4 Å². The van der Waals surface area contributed by atoms with Crippen LogP contribution in [-0.4, -0.2) is 40.0 Å². The Labute approximate surface area is 123 Å². The highest BCUT2D eigenvalue weighted by molar-refractivity contribution is 5.84. The Balaban J connectivity index is 2.14. The van der Waals surface area contributed by atoms with E-state index in [4.69, 9.17) is 5.11 Å². The highest BCUT2D eigenvalue weighted by Gasteiger charge is 2.18. The molecule has 1 aromatic carbocycles. The number of rotatable bonds is 5. The van der Waals surface area contributed by atoms with Crippen molar-refractivity contribution in [3.05, 3.63) is 36.0 Å². The molecule has 1 heterocycles. The number of para-hydroxylation sites is 1. The standard InChI is InChI=1S/C16H20N2O3/c1-11(16(20)21)9-17(3)15(19)10-18-12(2)8-13-6-4-5-7-14(13)18/h4-8,11H,9-10H2,1-3H3,(H,20,21). The molecule has 1 amide bonds. The lowest BCUT2D eigenvalue weighted by molar-refractivity contribution is -0.142. The van der Waals surface area contributed by atoms with Crippen molar-refractivity contribution in [2.24, 2.45) is 5.92 Å². The maximum absolute atomic E-state index is 12.3. The second kappa shape index (κ2) is 5.99. The first-order chi connectivity index (χ1) is 9.90. The van der Waals surface area contributed by atoms with Crippen molar-refractivity contribution < 1.29 is 14.7 Å². The highest BCUT2D eigenvalue weighted by Crippen LogP contribution is 2.19. The molecule has 0 aliphatic rings. The summed E-state index contributed by atoms with van der Waals surface area (Å²) in [6.07, 6.45) is 0. The molecule has 0 spiro atoms. The van der Waals surface area contributed by atoms with Gasteiger partial charge in [-0.25, -0.2) is 0 Å². The Hall–Kier alpha value is -2.30. The van der Waals surface area contributed by atoms with Crippen LogP contribution in [0.4, 0.5) is 0 Å². The third-order valence-electron chi connectivity index (χ3n) is 3.71. The number of carboxylic acids is 1. The van der Waals surface area contributed by atoms with Gasteiger partial charge in [0, 0.05) is 24.8 Å². The van der Waals surface area contributed by atoms with Crippen LogP contribution in [0.15, 0.2) is 30.3 Å². The van der Waals surface area contributed by atoms with E-state index in [0.29, 0.717) is 0 Å². The molecule has 2 rings (SSSR count). The quantitative estimate of drug-likeness (QED) is 0.916. The van der Waals surface area contributed by atoms with E-state index in [2.05, 4.69) is 0 Å². The topological polar surface area (TPSA) is 62.5 Å². The minimum Gasteiger partial charge on any atom is -0.481 e. The van der Waals surface area contributed by atoms with Gasteiger partial charge in [-0.3, -0.25) is 9.59 Å². The maximum atomic E-state index is 12.3. The molecule has 1 aromatic heterocycles. The van der Waals surface area contributed by atoms with Crippen LogP contribution in [0.1, 0.15) is 12.6 Å². The van der Waals surface area contributed by atoms with Crippen molar-refractivity contribution in [2.45, 2.75) is 20.4 Å². The lowest BCUT2D eigenvalue weighted by Gasteiger charge is -2.20. The van der Waals surface area contributed by atoms with Crippen LogP contribution in [0.5, 0.6) is 0 Å². The first-order valence-corrected chi connectivity index (χ1v) is 6.91. The van der Waals surface area contributed by atoms with Gasteiger partial charge in [0.05, 0.1) is 5.92 Å². The molecule has 1 N–H and O–H groups in total. The summed E-state index contributed by atoms with van der Waals surface area (Å²) in [5, 5.41) is 10.0. The Kier molecular flexibility index (Phi) is 4.31. The molecule has 0 fully saturated rings. The monoisotopic (exact) mass is 288 g/mol. The van der Waals surface area contributed by atoms with E-state index in [9.17, 15) is 9.59 Å². The van der Waals surface area contributed by atoms with Gasteiger partial charge in [-0.15, -0.1) is 0 Å². The minimum atomic E-state index is -0.891. The Morgan fingerprint density at radius 1 is 1.33 bits per heavy atom. The molecule has 1 unspecified atom stereocenters. The zero-order valence-corrected chi connectivity index (χ0v) is 12.5. The number of nitrogens with zero attached hydrogens (tertiary/aromatic N) is 2. The molecule has 0 radical (unpaired) electrons. The van der Waals surface area contributed by atoms with Gasteiger partial charge in [-0.1, -0.05) is 25.1 Å². The van der Waals surface area contributed by atoms with Gasteiger partial charge < -0.3 is 14.6 Å². The first-order valence-electron chi connectivity index (χ1n) is 6.91. The largest absolute Gasteiger partial charge is 0.481 e. The van der Waals surface area contributed by atoms with Crippen LogP contribution >= 0.6 is 0 Å². The summed E-state index contributed by atoms with van der Waals surface area (Å²) >= 11 is 0. The van der Waals surface area contributed by atoms with Gasteiger partial charge in [-0.2, -0.15) is 0 Å². The summed E-state index contributed by atoms with van der Waals surface area (Å²) in [6.45, 7) is 4.00. The molecule has 0 aliphatic heterocycles. The van der Waals surface area contributed by atoms with Crippen molar-refractivity contribution in [3.63, 3.8) is 0 Å². The predicted molar refractivity (Wildman–Crippen MR) is 81.1 cm³/mol. The van der Waals surface area contributed by atoms with Gasteiger partial charge >= 0.3 is 5.97 Å². The summed E-state index contributed by atoms with van der Waals surface area (Å²) in [5.41, 5.74) is 2.03. The molecule has 5 nitrogen and oxygen atoms in total. The van der Waals surface area contributed by atoms with Crippen molar-refractivity contribution in [3.8, 4) is 0 Å². The molecule has 0 saturated carbocycles. The summed E-state index contributed by atoms with van der Waals surface area (Å²) in [6, 6.07) is 9.95. The van der Waals surface area contributed by atoms with Crippen molar-refractivity contribution >= 4 is 22.8 Å². The molecular weight excluding hydrogens is 268 g/mol. The van der Waals surface area contributed by atoms with Crippen LogP contribution in [0.2, 0.25) is 0 Å². The number of hydrogen-bond acceptors (Lipinski definition) is 2. The number of carbonyl (C=O) groups is 2. The van der Waals surface area contributed by atoms with Gasteiger partial charge in [0.15, 0.2) is 0 Å². The van der Waals surface area contributed by atoms with Crippen molar-refractivity contribution in [1.82, 2.24) is 9.47 Å². The molecule has 1 atom stereocenters. The van der Waals surface area contributed by atoms with E-state index < -0.39 is 11.9 Å². The van der Waals surface area contributed by atoms with Crippen LogP contribution in [0, 0.1) is 12.8 Å². The fraction of sp³-hybridized carbons (Fsp3) is 0.375. The second-order valence-electron chi connectivity index (χ2n) is 5.44. The van der Waals surface area contributed by atoms with Crippen molar-refractivity contribution in [2.75, 3.05) is 13.6 Å². The molecule has 5 heteroatoms. The fourth-order valence-electron chi connectivity index (χ4n) is 2.40. The van der Waals surface area contributed by atoms with E-state index in [1.165, 1.54) is 4.90 Å². The zero-order chi connectivity index (χ0) is 15.6.